The van der Waals surface area contributed by atoms with Crippen molar-refractivity contribution < 1.29 is 13.2 Å². The van der Waals surface area contributed by atoms with E-state index in [0.29, 0.717) is 13.1 Å². The highest BCUT2D eigenvalue weighted by molar-refractivity contribution is 7.89. The maximum atomic E-state index is 12.4. The molecule has 0 aliphatic carbocycles. The van der Waals surface area contributed by atoms with Crippen molar-refractivity contribution in [2.45, 2.75) is 30.4 Å². The van der Waals surface area contributed by atoms with Crippen molar-refractivity contribution in [2.75, 3.05) is 20.2 Å². The summed E-state index contributed by atoms with van der Waals surface area (Å²) >= 11 is 0. The van der Waals surface area contributed by atoms with Crippen molar-refractivity contribution in [3.63, 3.8) is 0 Å². The predicted molar refractivity (Wildman–Crippen MR) is 72.1 cm³/mol. The first-order chi connectivity index (χ1) is 8.95. The van der Waals surface area contributed by atoms with E-state index in [2.05, 4.69) is 0 Å². The molecule has 1 aromatic heterocycles. The fourth-order valence-corrected chi connectivity index (χ4v) is 3.57. The third-order valence-electron chi connectivity index (χ3n) is 3.48. The number of ether oxygens (including phenoxy) is 1. The Morgan fingerprint density at radius 3 is 2.84 bits per heavy atom. The number of sulfonamides is 1. The Bertz CT molecular complexity index is 532. The third kappa shape index (κ3) is 3.00. The predicted octanol–water partition coefficient (Wildman–Crippen LogP) is 0.283. The molecule has 0 spiro atoms. The molecule has 1 unspecified atom stereocenters. The van der Waals surface area contributed by atoms with E-state index in [0.717, 1.165) is 25.1 Å². The number of nitrogens with two attached hydrogens (primary N) is 1. The first-order valence-corrected chi connectivity index (χ1v) is 7.82. The van der Waals surface area contributed by atoms with Crippen LogP contribution in [0.5, 0.6) is 0 Å². The molecule has 2 N–H and O–H groups in total. The minimum atomic E-state index is -3.46. The van der Waals surface area contributed by atoms with Gasteiger partial charge in [0.15, 0.2) is 0 Å². The zero-order valence-electron chi connectivity index (χ0n) is 11.4. The van der Waals surface area contributed by atoms with Crippen LogP contribution in [0.15, 0.2) is 17.2 Å². The van der Waals surface area contributed by atoms with Crippen LogP contribution in [0, 0.1) is 0 Å². The summed E-state index contributed by atoms with van der Waals surface area (Å²) in [4.78, 5) is 0.288. The lowest BCUT2D eigenvalue weighted by Crippen LogP contribution is -2.33. The maximum absolute atomic E-state index is 12.4. The lowest BCUT2D eigenvalue weighted by molar-refractivity contribution is 0.0979. The van der Waals surface area contributed by atoms with Crippen LogP contribution in [0.4, 0.5) is 0 Å². The summed E-state index contributed by atoms with van der Waals surface area (Å²) in [6, 6.07) is 1.63. The molecule has 7 heteroatoms. The Morgan fingerprint density at radius 2 is 2.32 bits per heavy atom. The zero-order valence-corrected chi connectivity index (χ0v) is 12.2. The Morgan fingerprint density at radius 1 is 1.58 bits per heavy atom. The van der Waals surface area contributed by atoms with Crippen LogP contribution in [0.25, 0.3) is 0 Å². The molecule has 1 aliphatic heterocycles. The van der Waals surface area contributed by atoms with Gasteiger partial charge in [0.2, 0.25) is 10.0 Å². The molecular formula is C12H21N3O3S. The molecule has 2 rings (SSSR count). The smallest absolute Gasteiger partial charge is 0.244 e. The van der Waals surface area contributed by atoms with Crippen molar-refractivity contribution in [2.24, 2.45) is 12.8 Å². The monoisotopic (exact) mass is 287 g/mol. The van der Waals surface area contributed by atoms with E-state index in [1.165, 1.54) is 4.31 Å². The highest BCUT2D eigenvalue weighted by Gasteiger charge is 2.27. The Labute approximate surface area is 114 Å². The second kappa shape index (κ2) is 5.62. The number of likely N-dealkylation sites (N-methyl/N-ethyl adjacent to an activating group) is 1. The van der Waals surface area contributed by atoms with Crippen LogP contribution >= 0.6 is 0 Å². The van der Waals surface area contributed by atoms with Crippen LogP contribution in [0.1, 0.15) is 18.5 Å². The molecule has 0 saturated carbocycles. The Balaban J connectivity index is 2.15. The van der Waals surface area contributed by atoms with Gasteiger partial charge in [-0.2, -0.15) is 4.31 Å². The van der Waals surface area contributed by atoms with Crippen molar-refractivity contribution in [3.8, 4) is 0 Å². The summed E-state index contributed by atoms with van der Waals surface area (Å²) in [7, 11) is -0.0789. The molecule has 0 radical (unpaired) electrons. The first-order valence-electron chi connectivity index (χ1n) is 6.38. The summed E-state index contributed by atoms with van der Waals surface area (Å²) in [6.45, 7) is 1.44. The average molecular weight is 287 g/mol. The van der Waals surface area contributed by atoms with Gasteiger partial charge in [-0.25, -0.2) is 8.42 Å². The molecule has 0 amide bonds. The van der Waals surface area contributed by atoms with Crippen LogP contribution in [0.2, 0.25) is 0 Å². The molecule has 0 bridgehead atoms. The average Bonchev–Trinajstić information content (AvgIpc) is 2.98. The van der Waals surface area contributed by atoms with E-state index >= 15 is 0 Å². The van der Waals surface area contributed by atoms with Gasteiger partial charge in [0, 0.05) is 45.7 Å². The lowest BCUT2D eigenvalue weighted by Gasteiger charge is -2.19. The van der Waals surface area contributed by atoms with Crippen LogP contribution in [0.3, 0.4) is 0 Å². The number of aryl methyl sites for hydroxylation is 1. The SMILES string of the molecule is CN(CC1CCCO1)S(=O)(=O)c1cc(CN)n(C)c1. The summed E-state index contributed by atoms with van der Waals surface area (Å²) < 4.78 is 33.4. The number of hydrogen-bond donors (Lipinski definition) is 1. The molecule has 0 aromatic carbocycles. The first kappa shape index (κ1) is 14.5. The standard InChI is InChI=1S/C12H21N3O3S/c1-14-9-12(6-10(14)7-13)19(16,17)15(2)8-11-4-3-5-18-11/h6,9,11H,3-5,7-8,13H2,1-2H3. The molecule has 1 atom stereocenters. The lowest BCUT2D eigenvalue weighted by atomic mass is 10.2. The van der Waals surface area contributed by atoms with Gasteiger partial charge in [-0.3, -0.25) is 0 Å². The van der Waals surface area contributed by atoms with Gasteiger partial charge >= 0.3 is 0 Å². The number of hydrogen-bond acceptors (Lipinski definition) is 4. The summed E-state index contributed by atoms with van der Waals surface area (Å²) in [5, 5.41) is 0. The van der Waals surface area contributed by atoms with Crippen molar-refractivity contribution in [1.29, 1.82) is 0 Å². The van der Waals surface area contributed by atoms with Gasteiger partial charge in [0.25, 0.3) is 0 Å². The molecule has 19 heavy (non-hydrogen) atoms. The van der Waals surface area contributed by atoms with Gasteiger partial charge in [-0.05, 0) is 18.9 Å². The second-order valence-corrected chi connectivity index (χ2v) is 6.95. The van der Waals surface area contributed by atoms with E-state index in [4.69, 9.17) is 10.5 Å². The van der Waals surface area contributed by atoms with Crippen molar-refractivity contribution >= 4 is 10.0 Å². The van der Waals surface area contributed by atoms with Gasteiger partial charge < -0.3 is 15.0 Å². The molecule has 2 heterocycles. The van der Waals surface area contributed by atoms with E-state index in [-0.39, 0.29) is 11.0 Å². The van der Waals surface area contributed by atoms with E-state index in [1.807, 2.05) is 0 Å². The quantitative estimate of drug-likeness (QED) is 0.844. The van der Waals surface area contributed by atoms with Gasteiger partial charge in [0.1, 0.15) is 4.90 Å². The number of rotatable bonds is 5. The van der Waals surface area contributed by atoms with Gasteiger partial charge in [0.05, 0.1) is 6.10 Å². The van der Waals surface area contributed by atoms with E-state index in [9.17, 15) is 8.42 Å². The molecule has 6 nitrogen and oxygen atoms in total. The number of nitrogens with zero attached hydrogens (tertiary/aromatic N) is 2. The summed E-state index contributed by atoms with van der Waals surface area (Å²) in [6.07, 6.45) is 3.53. The topological polar surface area (TPSA) is 77.6 Å². The summed E-state index contributed by atoms with van der Waals surface area (Å²) in [5.41, 5.74) is 6.36. The van der Waals surface area contributed by atoms with E-state index < -0.39 is 10.0 Å². The third-order valence-corrected chi connectivity index (χ3v) is 5.27. The fraction of sp³-hybridized carbons (Fsp3) is 0.667. The van der Waals surface area contributed by atoms with Gasteiger partial charge in [-0.1, -0.05) is 0 Å². The highest BCUT2D eigenvalue weighted by atomic mass is 32.2. The van der Waals surface area contributed by atoms with Crippen LogP contribution in [-0.2, 0) is 28.4 Å². The fourth-order valence-electron chi connectivity index (χ4n) is 2.27. The normalized spacial score (nSPS) is 20.3. The van der Waals surface area contributed by atoms with Gasteiger partial charge in [-0.15, -0.1) is 0 Å². The van der Waals surface area contributed by atoms with Crippen LogP contribution < -0.4 is 5.73 Å². The minimum absolute atomic E-state index is 0.0115. The maximum Gasteiger partial charge on any atom is 0.244 e. The number of aromatic nitrogens is 1. The molecular weight excluding hydrogens is 266 g/mol. The Kier molecular flexibility index (Phi) is 4.29. The van der Waals surface area contributed by atoms with Crippen molar-refractivity contribution in [1.82, 2.24) is 8.87 Å². The Hall–Kier alpha value is -0.890. The largest absolute Gasteiger partial charge is 0.377 e. The van der Waals surface area contributed by atoms with Crippen molar-refractivity contribution in [3.05, 3.63) is 18.0 Å². The molecule has 1 aromatic rings. The minimum Gasteiger partial charge on any atom is -0.377 e. The molecule has 108 valence electrons. The zero-order chi connectivity index (χ0) is 14.0. The van der Waals surface area contributed by atoms with E-state index in [1.54, 1.807) is 30.9 Å². The molecule has 1 saturated heterocycles. The van der Waals surface area contributed by atoms with Crippen LogP contribution in [-0.4, -0.2) is 43.6 Å². The highest BCUT2D eigenvalue weighted by Crippen LogP contribution is 2.20. The second-order valence-electron chi connectivity index (χ2n) is 4.90. The molecule has 1 fully saturated rings. The summed E-state index contributed by atoms with van der Waals surface area (Å²) in [5.74, 6) is 0. The molecule has 1 aliphatic rings.